The van der Waals surface area contributed by atoms with Crippen molar-refractivity contribution in [2.45, 2.75) is 36.9 Å². The molecule has 0 saturated heterocycles. The second kappa shape index (κ2) is 6.76. The third-order valence-corrected chi connectivity index (χ3v) is 5.98. The topological polar surface area (TPSA) is 68.0 Å². The number of fused-ring (bicyclic) bond motifs is 2. The number of hydrogen-bond acceptors (Lipinski definition) is 5. The van der Waals surface area contributed by atoms with Crippen LogP contribution in [-0.2, 0) is 4.79 Å². The summed E-state index contributed by atoms with van der Waals surface area (Å²) in [5, 5.41) is 12.2. The molecule has 2 aliphatic carbocycles. The summed E-state index contributed by atoms with van der Waals surface area (Å²) in [5.41, 5.74) is 0.810. The first-order chi connectivity index (χ1) is 11.7. The van der Waals surface area contributed by atoms with Gasteiger partial charge in [-0.05, 0) is 55.4 Å². The number of hydrogen-bond donors (Lipinski definition) is 1. The number of nitrogens with one attached hydrogen (secondary N) is 1. The van der Waals surface area contributed by atoms with Gasteiger partial charge in [-0.3, -0.25) is 4.79 Å². The van der Waals surface area contributed by atoms with Crippen LogP contribution < -0.4 is 5.32 Å². The average molecular weight is 364 g/mol. The molecular formula is C17H18ClN3O2S. The van der Waals surface area contributed by atoms with Gasteiger partial charge >= 0.3 is 0 Å². The van der Waals surface area contributed by atoms with Crippen molar-refractivity contribution in [2.75, 3.05) is 5.75 Å². The van der Waals surface area contributed by atoms with Crippen LogP contribution in [0.1, 0.15) is 25.7 Å². The fourth-order valence-electron chi connectivity index (χ4n) is 3.77. The molecule has 0 unspecified atom stereocenters. The lowest BCUT2D eigenvalue weighted by Gasteiger charge is -2.22. The van der Waals surface area contributed by atoms with E-state index >= 15 is 0 Å². The van der Waals surface area contributed by atoms with Crippen molar-refractivity contribution in [1.29, 1.82) is 0 Å². The van der Waals surface area contributed by atoms with Gasteiger partial charge in [-0.2, -0.15) is 0 Å². The van der Waals surface area contributed by atoms with Crippen LogP contribution in [0.3, 0.4) is 0 Å². The lowest BCUT2D eigenvalue weighted by molar-refractivity contribution is -0.119. The van der Waals surface area contributed by atoms with E-state index in [9.17, 15) is 4.79 Å². The van der Waals surface area contributed by atoms with Gasteiger partial charge < -0.3 is 9.73 Å². The van der Waals surface area contributed by atoms with Crippen molar-refractivity contribution in [3.63, 3.8) is 0 Å². The van der Waals surface area contributed by atoms with Crippen LogP contribution >= 0.6 is 23.4 Å². The van der Waals surface area contributed by atoms with Crippen molar-refractivity contribution in [2.24, 2.45) is 11.8 Å². The molecule has 1 heterocycles. The second-order valence-corrected chi connectivity index (χ2v) is 7.88. The van der Waals surface area contributed by atoms with Crippen LogP contribution in [-0.4, -0.2) is 27.9 Å². The fourth-order valence-corrected chi connectivity index (χ4v) is 4.47. The highest BCUT2D eigenvalue weighted by atomic mass is 35.5. The van der Waals surface area contributed by atoms with Crippen LogP contribution in [0, 0.1) is 11.8 Å². The number of rotatable bonds is 5. The molecule has 1 aromatic carbocycles. The minimum atomic E-state index is 0.0452. The molecule has 1 amide bonds. The molecule has 0 spiro atoms. The Labute approximate surface area is 149 Å². The Balaban J connectivity index is 1.30. The molecule has 4 rings (SSSR count). The van der Waals surface area contributed by atoms with Gasteiger partial charge in [0.1, 0.15) is 0 Å². The Bertz CT molecular complexity index is 734. The van der Waals surface area contributed by atoms with Crippen molar-refractivity contribution >= 4 is 29.3 Å². The number of amides is 1. The van der Waals surface area contributed by atoms with Crippen molar-refractivity contribution in [1.82, 2.24) is 15.5 Å². The standard InChI is InChI=1S/C17H18ClN3O2S/c18-13-5-3-11(4-6-13)16-20-21-17(23-16)24-9-15(22)19-14-8-10-1-2-12(14)7-10/h3-6,10,12,14H,1-2,7-9H2,(H,19,22)/t10-,12+,14+/m1/s1. The van der Waals surface area contributed by atoms with Crippen LogP contribution in [0.4, 0.5) is 0 Å². The summed E-state index contributed by atoms with van der Waals surface area (Å²) < 4.78 is 5.60. The number of halogens is 1. The summed E-state index contributed by atoms with van der Waals surface area (Å²) in [6.45, 7) is 0. The van der Waals surface area contributed by atoms with E-state index in [0.29, 0.717) is 33.8 Å². The summed E-state index contributed by atoms with van der Waals surface area (Å²) in [7, 11) is 0. The number of carbonyl (C=O) groups is 1. The van der Waals surface area contributed by atoms with Crippen LogP contribution in [0.2, 0.25) is 5.02 Å². The molecule has 1 aromatic heterocycles. The van der Waals surface area contributed by atoms with Gasteiger partial charge in [0, 0.05) is 16.6 Å². The Hall–Kier alpha value is -1.53. The Morgan fingerprint density at radius 2 is 2.08 bits per heavy atom. The Morgan fingerprint density at radius 1 is 1.25 bits per heavy atom. The predicted octanol–water partition coefficient (Wildman–Crippen LogP) is 3.79. The number of carbonyl (C=O) groups excluding carboxylic acids is 1. The van der Waals surface area contributed by atoms with Crippen LogP contribution in [0.15, 0.2) is 33.9 Å². The molecule has 0 aliphatic heterocycles. The van der Waals surface area contributed by atoms with Gasteiger partial charge in [0.25, 0.3) is 5.22 Å². The van der Waals surface area contributed by atoms with Crippen LogP contribution in [0.25, 0.3) is 11.5 Å². The zero-order valence-corrected chi connectivity index (χ0v) is 14.6. The maximum absolute atomic E-state index is 12.1. The third-order valence-electron chi connectivity index (χ3n) is 4.91. The van der Waals surface area contributed by atoms with Gasteiger partial charge in [0.05, 0.1) is 5.75 Å². The molecule has 7 heteroatoms. The van der Waals surface area contributed by atoms with Gasteiger partial charge in [0.15, 0.2) is 0 Å². The maximum Gasteiger partial charge on any atom is 0.277 e. The molecule has 2 fully saturated rings. The molecule has 5 nitrogen and oxygen atoms in total. The minimum absolute atomic E-state index is 0.0452. The first-order valence-corrected chi connectivity index (χ1v) is 9.55. The Kier molecular flexibility index (Phi) is 4.50. The van der Waals surface area contributed by atoms with E-state index in [1.165, 1.54) is 31.0 Å². The first kappa shape index (κ1) is 16.0. The molecule has 2 saturated carbocycles. The van der Waals surface area contributed by atoms with Crippen molar-refractivity contribution < 1.29 is 9.21 Å². The van der Waals surface area contributed by atoms with Crippen molar-refractivity contribution in [3.8, 4) is 11.5 Å². The maximum atomic E-state index is 12.1. The summed E-state index contributed by atoms with van der Waals surface area (Å²) >= 11 is 7.14. The molecular weight excluding hydrogens is 346 g/mol. The van der Waals surface area contributed by atoms with E-state index in [1.54, 1.807) is 12.1 Å². The van der Waals surface area contributed by atoms with Crippen molar-refractivity contribution in [3.05, 3.63) is 29.3 Å². The highest BCUT2D eigenvalue weighted by Gasteiger charge is 2.40. The molecule has 24 heavy (non-hydrogen) atoms. The quantitative estimate of drug-likeness (QED) is 0.818. The number of benzene rings is 1. The smallest absolute Gasteiger partial charge is 0.277 e. The number of thioether (sulfide) groups is 1. The van der Waals surface area contributed by atoms with Gasteiger partial charge in [0.2, 0.25) is 11.8 Å². The molecule has 0 radical (unpaired) electrons. The minimum Gasteiger partial charge on any atom is -0.411 e. The SMILES string of the molecule is O=C(CSc1nnc(-c2ccc(Cl)cc2)o1)N[C@H]1C[C@@H]2CC[C@H]1C2. The molecule has 126 valence electrons. The summed E-state index contributed by atoms with van der Waals surface area (Å²) in [6, 6.07) is 7.56. The van der Waals surface area contributed by atoms with Gasteiger partial charge in [-0.1, -0.05) is 29.8 Å². The monoisotopic (exact) mass is 363 g/mol. The lowest BCUT2D eigenvalue weighted by atomic mass is 9.95. The Morgan fingerprint density at radius 3 is 2.79 bits per heavy atom. The summed E-state index contributed by atoms with van der Waals surface area (Å²) in [4.78, 5) is 12.1. The molecule has 2 bridgehead atoms. The van der Waals surface area contributed by atoms with E-state index in [4.69, 9.17) is 16.0 Å². The van der Waals surface area contributed by atoms with E-state index in [1.807, 2.05) is 12.1 Å². The first-order valence-electron chi connectivity index (χ1n) is 8.19. The summed E-state index contributed by atoms with van der Waals surface area (Å²) in [5.74, 6) is 2.29. The predicted molar refractivity (Wildman–Crippen MR) is 92.8 cm³/mol. The molecule has 2 aromatic rings. The second-order valence-electron chi connectivity index (χ2n) is 6.52. The zero-order chi connectivity index (χ0) is 16.5. The fraction of sp³-hybridized carbons (Fsp3) is 0.471. The third kappa shape index (κ3) is 3.44. The normalized spacial score (nSPS) is 25.1. The van der Waals surface area contributed by atoms with Gasteiger partial charge in [-0.25, -0.2) is 0 Å². The highest BCUT2D eigenvalue weighted by molar-refractivity contribution is 7.99. The van der Waals surface area contributed by atoms with Gasteiger partial charge in [-0.15, -0.1) is 10.2 Å². The molecule has 3 atom stereocenters. The van der Waals surface area contributed by atoms with Crippen LogP contribution in [0.5, 0.6) is 0 Å². The number of nitrogens with zero attached hydrogens (tertiary/aromatic N) is 2. The van der Waals surface area contributed by atoms with E-state index in [0.717, 1.165) is 17.9 Å². The number of aromatic nitrogens is 2. The van der Waals surface area contributed by atoms with E-state index in [2.05, 4.69) is 15.5 Å². The average Bonchev–Trinajstić information content (AvgIpc) is 3.30. The highest BCUT2D eigenvalue weighted by Crippen LogP contribution is 2.44. The molecule has 2 aliphatic rings. The lowest BCUT2D eigenvalue weighted by Crippen LogP contribution is -2.39. The van der Waals surface area contributed by atoms with E-state index in [-0.39, 0.29) is 5.91 Å². The molecule has 1 N–H and O–H groups in total. The largest absolute Gasteiger partial charge is 0.411 e. The van der Waals surface area contributed by atoms with E-state index < -0.39 is 0 Å². The zero-order valence-electron chi connectivity index (χ0n) is 13.1. The summed E-state index contributed by atoms with van der Waals surface area (Å²) in [6.07, 6.45) is 5.02.